The van der Waals surface area contributed by atoms with E-state index in [0.29, 0.717) is 0 Å². The number of hydrogen-bond acceptors (Lipinski definition) is 2. The average molecular weight is 276 g/mol. The minimum atomic E-state index is -0.435. The summed E-state index contributed by atoms with van der Waals surface area (Å²) in [5.41, 5.74) is 0.506. The Bertz CT molecular complexity index is 455. The van der Waals surface area contributed by atoms with Gasteiger partial charge in [0.05, 0.1) is 12.5 Å². The molecule has 1 unspecified atom stereocenters. The fourth-order valence-electron chi connectivity index (χ4n) is 1.74. The lowest BCUT2D eigenvalue weighted by Crippen LogP contribution is -2.40. The predicted molar refractivity (Wildman–Crippen MR) is 80.1 cm³/mol. The molecule has 4 nitrogen and oxygen atoms in total. The van der Waals surface area contributed by atoms with Gasteiger partial charge in [0, 0.05) is 12.5 Å². The number of carbonyl (C=O) groups excluding carboxylic acids is 2. The molecule has 110 valence electrons. The normalized spacial score (nSPS) is 12.6. The van der Waals surface area contributed by atoms with Gasteiger partial charge in [-0.25, -0.2) is 0 Å². The van der Waals surface area contributed by atoms with Crippen molar-refractivity contribution in [1.29, 1.82) is 0 Å². The number of amides is 2. The zero-order chi connectivity index (χ0) is 15.2. The van der Waals surface area contributed by atoms with Crippen LogP contribution in [-0.2, 0) is 9.59 Å². The molecular formula is C16H24N2O2. The van der Waals surface area contributed by atoms with Crippen LogP contribution in [0, 0.1) is 5.41 Å². The van der Waals surface area contributed by atoms with Gasteiger partial charge in [-0.1, -0.05) is 51.1 Å². The standard InChI is InChI=1S/C16H24N2O2/c1-5-16(2,3)15(20)18-13(11-14(19)17-4)12-9-7-6-8-10-12/h6-10,13H,5,11H2,1-4H3,(H,17,19)(H,18,20). The number of hydrogen-bond donors (Lipinski definition) is 2. The van der Waals surface area contributed by atoms with Crippen LogP contribution in [0.5, 0.6) is 0 Å². The molecule has 1 rings (SSSR count). The van der Waals surface area contributed by atoms with Crippen LogP contribution < -0.4 is 10.6 Å². The number of carbonyl (C=O) groups is 2. The third kappa shape index (κ3) is 4.37. The van der Waals surface area contributed by atoms with Crippen molar-refractivity contribution < 1.29 is 9.59 Å². The second kappa shape index (κ2) is 7.08. The van der Waals surface area contributed by atoms with E-state index in [-0.39, 0.29) is 24.3 Å². The van der Waals surface area contributed by atoms with Crippen LogP contribution in [0.1, 0.15) is 45.2 Å². The predicted octanol–water partition coefficient (Wildman–Crippen LogP) is 2.42. The molecule has 0 bridgehead atoms. The molecule has 0 aliphatic heterocycles. The Morgan fingerprint density at radius 3 is 2.30 bits per heavy atom. The van der Waals surface area contributed by atoms with Gasteiger partial charge in [-0.05, 0) is 12.0 Å². The molecule has 0 saturated heterocycles. The molecular weight excluding hydrogens is 252 g/mol. The van der Waals surface area contributed by atoms with E-state index in [2.05, 4.69) is 10.6 Å². The topological polar surface area (TPSA) is 58.2 Å². The van der Waals surface area contributed by atoms with Gasteiger partial charge in [0.25, 0.3) is 0 Å². The SMILES string of the molecule is CCC(C)(C)C(=O)NC(CC(=O)NC)c1ccccc1. The molecule has 0 radical (unpaired) electrons. The van der Waals surface area contributed by atoms with E-state index in [4.69, 9.17) is 0 Å². The van der Waals surface area contributed by atoms with Crippen LogP contribution in [0.25, 0.3) is 0 Å². The molecule has 1 aromatic rings. The lowest BCUT2D eigenvalue weighted by Gasteiger charge is -2.26. The monoisotopic (exact) mass is 276 g/mol. The Balaban J connectivity index is 2.89. The summed E-state index contributed by atoms with van der Waals surface area (Å²) in [6.07, 6.45) is 0.992. The highest BCUT2D eigenvalue weighted by molar-refractivity contribution is 5.83. The molecule has 0 spiro atoms. The highest BCUT2D eigenvalue weighted by Gasteiger charge is 2.28. The molecule has 0 aromatic heterocycles. The molecule has 0 aliphatic carbocycles. The van der Waals surface area contributed by atoms with Gasteiger partial charge in [-0.15, -0.1) is 0 Å². The van der Waals surface area contributed by atoms with Gasteiger partial charge < -0.3 is 10.6 Å². The van der Waals surface area contributed by atoms with Gasteiger partial charge in [0.1, 0.15) is 0 Å². The summed E-state index contributed by atoms with van der Waals surface area (Å²) in [6, 6.07) is 9.28. The number of nitrogens with one attached hydrogen (secondary N) is 2. The Morgan fingerprint density at radius 1 is 1.20 bits per heavy atom. The Morgan fingerprint density at radius 2 is 1.80 bits per heavy atom. The quantitative estimate of drug-likeness (QED) is 0.838. The van der Waals surface area contributed by atoms with Gasteiger partial charge in [0.2, 0.25) is 11.8 Å². The van der Waals surface area contributed by atoms with Crippen LogP contribution >= 0.6 is 0 Å². The van der Waals surface area contributed by atoms with Crippen molar-refractivity contribution in [3.05, 3.63) is 35.9 Å². The lowest BCUT2D eigenvalue weighted by molar-refractivity contribution is -0.130. The van der Waals surface area contributed by atoms with E-state index < -0.39 is 5.41 Å². The second-order valence-corrected chi connectivity index (χ2v) is 5.55. The van der Waals surface area contributed by atoms with Crippen molar-refractivity contribution >= 4 is 11.8 Å². The Hall–Kier alpha value is -1.84. The van der Waals surface area contributed by atoms with Crippen LogP contribution in [0.3, 0.4) is 0 Å². The fourth-order valence-corrected chi connectivity index (χ4v) is 1.74. The van der Waals surface area contributed by atoms with Crippen molar-refractivity contribution in [2.24, 2.45) is 5.41 Å². The van der Waals surface area contributed by atoms with E-state index in [0.717, 1.165) is 12.0 Å². The van der Waals surface area contributed by atoms with Crippen LogP contribution in [0.2, 0.25) is 0 Å². The van der Waals surface area contributed by atoms with Crippen molar-refractivity contribution in [3.63, 3.8) is 0 Å². The van der Waals surface area contributed by atoms with Crippen LogP contribution in [-0.4, -0.2) is 18.9 Å². The highest BCUT2D eigenvalue weighted by atomic mass is 16.2. The zero-order valence-electron chi connectivity index (χ0n) is 12.7. The summed E-state index contributed by atoms with van der Waals surface area (Å²) in [7, 11) is 1.60. The van der Waals surface area contributed by atoms with Gasteiger partial charge in [-0.3, -0.25) is 9.59 Å². The Kier molecular flexibility index (Phi) is 5.74. The summed E-state index contributed by atoms with van der Waals surface area (Å²) in [4.78, 5) is 23.9. The van der Waals surface area contributed by atoms with E-state index in [1.807, 2.05) is 51.1 Å². The van der Waals surface area contributed by atoms with E-state index in [9.17, 15) is 9.59 Å². The zero-order valence-corrected chi connectivity index (χ0v) is 12.7. The van der Waals surface area contributed by atoms with Crippen molar-refractivity contribution in [3.8, 4) is 0 Å². The number of rotatable bonds is 6. The minimum Gasteiger partial charge on any atom is -0.359 e. The summed E-state index contributed by atoms with van der Waals surface area (Å²) >= 11 is 0. The maximum absolute atomic E-state index is 12.3. The largest absolute Gasteiger partial charge is 0.359 e. The third-order valence-electron chi connectivity index (χ3n) is 3.67. The van der Waals surface area contributed by atoms with E-state index in [1.165, 1.54) is 0 Å². The van der Waals surface area contributed by atoms with Gasteiger partial charge in [-0.2, -0.15) is 0 Å². The maximum atomic E-state index is 12.3. The van der Waals surface area contributed by atoms with E-state index >= 15 is 0 Å². The van der Waals surface area contributed by atoms with Crippen molar-refractivity contribution in [1.82, 2.24) is 10.6 Å². The molecule has 4 heteroatoms. The Labute approximate surface area is 121 Å². The molecule has 1 atom stereocenters. The first-order valence-corrected chi connectivity index (χ1v) is 6.97. The lowest BCUT2D eigenvalue weighted by atomic mass is 9.88. The molecule has 2 N–H and O–H groups in total. The first kappa shape index (κ1) is 16.2. The second-order valence-electron chi connectivity index (χ2n) is 5.55. The van der Waals surface area contributed by atoms with Crippen molar-refractivity contribution in [2.75, 3.05) is 7.05 Å². The number of benzene rings is 1. The van der Waals surface area contributed by atoms with Crippen LogP contribution in [0.15, 0.2) is 30.3 Å². The molecule has 20 heavy (non-hydrogen) atoms. The minimum absolute atomic E-state index is 0.0299. The third-order valence-corrected chi connectivity index (χ3v) is 3.67. The van der Waals surface area contributed by atoms with E-state index in [1.54, 1.807) is 7.05 Å². The molecule has 1 aromatic carbocycles. The molecule has 0 aliphatic rings. The summed E-state index contributed by atoms with van der Waals surface area (Å²) in [5, 5.41) is 5.59. The molecule has 0 fully saturated rings. The molecule has 0 saturated carbocycles. The first-order chi connectivity index (χ1) is 9.40. The van der Waals surface area contributed by atoms with Crippen LogP contribution in [0.4, 0.5) is 0 Å². The average Bonchev–Trinajstić information content (AvgIpc) is 2.47. The van der Waals surface area contributed by atoms with Gasteiger partial charge in [0.15, 0.2) is 0 Å². The summed E-state index contributed by atoms with van der Waals surface area (Å²) in [6.45, 7) is 5.80. The highest BCUT2D eigenvalue weighted by Crippen LogP contribution is 2.23. The maximum Gasteiger partial charge on any atom is 0.226 e. The summed E-state index contributed by atoms with van der Waals surface area (Å²) < 4.78 is 0. The smallest absolute Gasteiger partial charge is 0.226 e. The summed E-state index contributed by atoms with van der Waals surface area (Å²) in [5.74, 6) is -0.119. The molecule has 2 amide bonds. The van der Waals surface area contributed by atoms with Crippen molar-refractivity contribution in [2.45, 2.75) is 39.7 Å². The fraction of sp³-hybridized carbons (Fsp3) is 0.500. The molecule has 0 heterocycles. The van der Waals surface area contributed by atoms with Gasteiger partial charge >= 0.3 is 0 Å². The first-order valence-electron chi connectivity index (χ1n) is 6.97.